The van der Waals surface area contributed by atoms with Crippen LogP contribution in [0.3, 0.4) is 0 Å². The van der Waals surface area contributed by atoms with Gasteiger partial charge >= 0.3 is 0 Å². The van der Waals surface area contributed by atoms with Gasteiger partial charge in [0.15, 0.2) is 5.60 Å². The summed E-state index contributed by atoms with van der Waals surface area (Å²) in [5, 5.41) is 2.67. The summed E-state index contributed by atoms with van der Waals surface area (Å²) in [6, 6.07) is 2.59. The molecule has 1 saturated carbocycles. The number of fused-ring (bicyclic) bond motifs is 1. The van der Waals surface area contributed by atoms with Crippen LogP contribution in [-0.4, -0.2) is 11.5 Å². The first kappa shape index (κ1) is 8.52. The number of anilines is 2. The number of ether oxygens (including phenoxy) is 1. The van der Waals surface area contributed by atoms with E-state index in [4.69, 9.17) is 10.5 Å². The number of nitrogens with one attached hydrogen (secondary N) is 1. The van der Waals surface area contributed by atoms with E-state index >= 15 is 0 Å². The van der Waals surface area contributed by atoms with Gasteiger partial charge in [-0.3, -0.25) is 4.79 Å². The van der Waals surface area contributed by atoms with Gasteiger partial charge in [0.2, 0.25) is 0 Å². The minimum Gasteiger partial charge on any atom is -0.475 e. The lowest BCUT2D eigenvalue weighted by Crippen LogP contribution is -2.39. The third kappa shape index (κ3) is 1.09. The van der Waals surface area contributed by atoms with Gasteiger partial charge in [-0.1, -0.05) is 0 Å². The van der Waals surface area contributed by atoms with Gasteiger partial charge in [-0.15, -0.1) is 0 Å². The van der Waals surface area contributed by atoms with E-state index in [-0.39, 0.29) is 11.6 Å². The lowest BCUT2D eigenvalue weighted by molar-refractivity contribution is -0.125. The molecule has 0 radical (unpaired) electrons. The van der Waals surface area contributed by atoms with Crippen molar-refractivity contribution < 1.29 is 13.9 Å². The Bertz CT molecular complexity index is 469. The van der Waals surface area contributed by atoms with Crippen molar-refractivity contribution in [3.63, 3.8) is 0 Å². The molecule has 1 spiro atoms. The Balaban J connectivity index is 2.09. The van der Waals surface area contributed by atoms with Crippen molar-refractivity contribution in [1.82, 2.24) is 0 Å². The molecule has 3 N–H and O–H groups in total. The highest BCUT2D eigenvalue weighted by molar-refractivity contribution is 6.03. The Kier molecular flexibility index (Phi) is 1.37. The third-order valence-corrected chi connectivity index (χ3v) is 2.77. The third-order valence-electron chi connectivity index (χ3n) is 2.77. The second kappa shape index (κ2) is 2.42. The summed E-state index contributed by atoms with van der Waals surface area (Å²) in [6.45, 7) is 0. The zero-order valence-corrected chi connectivity index (χ0v) is 7.84. The average Bonchev–Trinajstić information content (AvgIpc) is 2.93. The Labute approximate surface area is 85.2 Å². The normalized spacial score (nSPS) is 20.5. The second-order valence-corrected chi connectivity index (χ2v) is 3.92. The molecule has 78 valence electrons. The van der Waals surface area contributed by atoms with Crippen LogP contribution in [0.15, 0.2) is 12.1 Å². The van der Waals surface area contributed by atoms with Crippen LogP contribution < -0.4 is 15.8 Å². The summed E-state index contributed by atoms with van der Waals surface area (Å²) in [7, 11) is 0. The standard InChI is InChI=1S/C10H9FN2O2/c11-5-3-8-7(4-6(5)12)13-9(14)10(15-8)1-2-10/h3-4H,1-2,12H2,(H,13,14). The topological polar surface area (TPSA) is 64.3 Å². The number of halogens is 1. The quantitative estimate of drug-likeness (QED) is 0.631. The molecule has 1 aliphatic carbocycles. The van der Waals surface area contributed by atoms with Crippen molar-refractivity contribution in [2.24, 2.45) is 0 Å². The molecule has 1 aliphatic heterocycles. The van der Waals surface area contributed by atoms with Crippen LogP contribution in [-0.2, 0) is 4.79 Å². The molecule has 3 rings (SSSR count). The minimum atomic E-state index is -0.741. The van der Waals surface area contributed by atoms with Gasteiger partial charge in [0.25, 0.3) is 5.91 Å². The minimum absolute atomic E-state index is 0.00407. The van der Waals surface area contributed by atoms with Crippen molar-refractivity contribution in [2.75, 3.05) is 11.1 Å². The fraction of sp³-hybridized carbons (Fsp3) is 0.300. The van der Waals surface area contributed by atoms with Crippen LogP contribution in [0.2, 0.25) is 0 Å². The van der Waals surface area contributed by atoms with Gasteiger partial charge in [-0.25, -0.2) is 4.39 Å². The highest BCUT2D eigenvalue weighted by atomic mass is 19.1. The number of nitrogen functional groups attached to an aromatic ring is 1. The summed E-state index contributed by atoms with van der Waals surface area (Å²) in [4.78, 5) is 11.6. The maximum Gasteiger partial charge on any atom is 0.268 e. The molecular weight excluding hydrogens is 199 g/mol. The van der Waals surface area contributed by atoms with Crippen molar-refractivity contribution >= 4 is 17.3 Å². The molecular formula is C10H9FN2O2. The summed E-state index contributed by atoms with van der Waals surface area (Å²) < 4.78 is 18.6. The Morgan fingerprint density at radius 3 is 2.87 bits per heavy atom. The Morgan fingerprint density at radius 2 is 2.20 bits per heavy atom. The van der Waals surface area contributed by atoms with Crippen LogP contribution in [0.1, 0.15) is 12.8 Å². The molecule has 0 bridgehead atoms. The van der Waals surface area contributed by atoms with Crippen molar-refractivity contribution in [3.8, 4) is 5.75 Å². The van der Waals surface area contributed by atoms with Crippen molar-refractivity contribution in [3.05, 3.63) is 17.9 Å². The Hall–Kier alpha value is -1.78. The largest absolute Gasteiger partial charge is 0.475 e. The number of carbonyl (C=O) groups excluding carboxylic acids is 1. The summed E-state index contributed by atoms with van der Waals surface area (Å²) >= 11 is 0. The molecule has 1 aromatic rings. The molecule has 0 saturated heterocycles. The lowest BCUT2D eigenvalue weighted by atomic mass is 10.2. The maximum atomic E-state index is 13.2. The lowest BCUT2D eigenvalue weighted by Gasteiger charge is -2.25. The highest BCUT2D eigenvalue weighted by Crippen LogP contribution is 2.47. The number of hydrogen-bond donors (Lipinski definition) is 2. The van der Waals surface area contributed by atoms with Gasteiger partial charge in [0.1, 0.15) is 11.6 Å². The van der Waals surface area contributed by atoms with Crippen LogP contribution in [0.4, 0.5) is 15.8 Å². The number of hydrogen-bond acceptors (Lipinski definition) is 3. The monoisotopic (exact) mass is 208 g/mol. The maximum absolute atomic E-state index is 13.2. The molecule has 1 fully saturated rings. The molecule has 1 heterocycles. The first-order chi connectivity index (χ1) is 7.11. The van der Waals surface area contributed by atoms with Crippen LogP contribution in [0.25, 0.3) is 0 Å². The molecule has 15 heavy (non-hydrogen) atoms. The average molecular weight is 208 g/mol. The zero-order valence-electron chi connectivity index (χ0n) is 7.84. The van der Waals surface area contributed by atoms with Gasteiger partial charge < -0.3 is 15.8 Å². The molecule has 4 nitrogen and oxygen atoms in total. The van der Waals surface area contributed by atoms with E-state index in [2.05, 4.69) is 5.32 Å². The summed E-state index contributed by atoms with van der Waals surface area (Å²) in [5.74, 6) is -0.333. The zero-order chi connectivity index (χ0) is 10.6. The second-order valence-electron chi connectivity index (χ2n) is 3.92. The van der Waals surface area contributed by atoms with Gasteiger partial charge in [-0.05, 0) is 6.07 Å². The molecule has 0 unspecified atom stereocenters. The van der Waals surface area contributed by atoms with E-state index in [0.717, 1.165) is 0 Å². The van der Waals surface area contributed by atoms with E-state index in [1.165, 1.54) is 12.1 Å². The fourth-order valence-electron chi connectivity index (χ4n) is 1.69. The highest BCUT2D eigenvalue weighted by Gasteiger charge is 2.55. The fourth-order valence-corrected chi connectivity index (χ4v) is 1.69. The smallest absolute Gasteiger partial charge is 0.268 e. The van der Waals surface area contributed by atoms with Crippen LogP contribution in [0.5, 0.6) is 5.75 Å². The van der Waals surface area contributed by atoms with E-state index in [1.54, 1.807) is 0 Å². The van der Waals surface area contributed by atoms with E-state index in [9.17, 15) is 9.18 Å². The van der Waals surface area contributed by atoms with E-state index < -0.39 is 11.4 Å². The summed E-state index contributed by atoms with van der Waals surface area (Å²) in [5.41, 5.74) is 5.10. The van der Waals surface area contributed by atoms with Gasteiger partial charge in [0, 0.05) is 18.9 Å². The predicted molar refractivity (Wildman–Crippen MR) is 52.0 cm³/mol. The van der Waals surface area contributed by atoms with E-state index in [0.29, 0.717) is 24.3 Å². The SMILES string of the molecule is Nc1cc2c(cc1F)OC1(CC1)C(=O)N2. The number of carbonyl (C=O) groups is 1. The molecule has 0 aromatic heterocycles. The first-order valence-corrected chi connectivity index (χ1v) is 4.70. The first-order valence-electron chi connectivity index (χ1n) is 4.70. The molecule has 1 aromatic carbocycles. The number of nitrogens with two attached hydrogens (primary N) is 1. The molecule has 0 atom stereocenters. The summed E-state index contributed by atoms with van der Waals surface area (Å²) in [6.07, 6.45) is 1.37. The predicted octanol–water partition coefficient (Wildman–Crippen LogP) is 1.27. The number of rotatable bonds is 0. The number of benzene rings is 1. The number of amides is 1. The molecule has 1 amide bonds. The van der Waals surface area contributed by atoms with Crippen LogP contribution >= 0.6 is 0 Å². The molecule has 5 heteroatoms. The van der Waals surface area contributed by atoms with Crippen molar-refractivity contribution in [2.45, 2.75) is 18.4 Å². The van der Waals surface area contributed by atoms with Crippen molar-refractivity contribution in [1.29, 1.82) is 0 Å². The van der Waals surface area contributed by atoms with E-state index in [1.807, 2.05) is 0 Å². The van der Waals surface area contributed by atoms with Gasteiger partial charge in [-0.2, -0.15) is 0 Å². The Morgan fingerprint density at radius 1 is 1.47 bits per heavy atom. The van der Waals surface area contributed by atoms with Crippen LogP contribution in [0, 0.1) is 5.82 Å². The van der Waals surface area contributed by atoms with Gasteiger partial charge in [0.05, 0.1) is 11.4 Å². The molecule has 2 aliphatic rings.